The third kappa shape index (κ3) is 5.50. The first-order chi connectivity index (χ1) is 9.32. The highest BCUT2D eigenvalue weighted by atomic mass is 32.2. The summed E-state index contributed by atoms with van der Waals surface area (Å²) in [4.78, 5) is 11.3. The lowest BCUT2D eigenvalue weighted by atomic mass is 10.1. The molecule has 0 spiro atoms. The van der Waals surface area contributed by atoms with E-state index in [0.717, 1.165) is 0 Å². The van der Waals surface area contributed by atoms with Crippen LogP contribution < -0.4 is 0 Å². The molecule has 7 nitrogen and oxygen atoms in total. The van der Waals surface area contributed by atoms with Crippen LogP contribution >= 0.6 is 0 Å². The lowest BCUT2D eigenvalue weighted by Crippen LogP contribution is -2.31. The number of esters is 1. The van der Waals surface area contributed by atoms with E-state index in [1.165, 1.54) is 0 Å². The molecule has 1 aliphatic heterocycles. The maximum absolute atomic E-state index is 11.3. The Morgan fingerprint density at radius 2 is 1.86 bits per heavy atom. The minimum atomic E-state index is -6.09. The maximum Gasteiger partial charge on any atom is 0.557 e. The fourth-order valence-electron chi connectivity index (χ4n) is 1.46. The topological polar surface area (TPSA) is 95.7 Å². The number of alkyl halides is 3. The second-order valence-corrected chi connectivity index (χ2v) is 5.69. The van der Waals surface area contributed by atoms with E-state index in [1.807, 2.05) is 20.8 Å². The summed E-state index contributed by atoms with van der Waals surface area (Å²) in [7, 11) is -4.28. The van der Waals surface area contributed by atoms with Crippen molar-refractivity contribution in [1.29, 1.82) is 0 Å². The first kappa shape index (κ1) is 19.6. The van der Waals surface area contributed by atoms with Gasteiger partial charge in [0.15, 0.2) is 10.1 Å². The zero-order chi connectivity index (χ0) is 17.0. The summed E-state index contributed by atoms with van der Waals surface area (Å²) in [5.74, 6) is 0.0106. The van der Waals surface area contributed by atoms with Crippen LogP contribution in [-0.2, 0) is 24.4 Å². The first-order valence-corrected chi connectivity index (χ1v) is 7.20. The Morgan fingerprint density at radius 1 is 1.43 bits per heavy atom. The summed E-state index contributed by atoms with van der Waals surface area (Å²) in [5, 5.41) is 0. The van der Waals surface area contributed by atoms with Crippen LogP contribution in [0, 0.1) is 5.92 Å². The summed E-state index contributed by atoms with van der Waals surface area (Å²) in [5.41, 5.74) is -5.65. The molecule has 0 saturated carbocycles. The zero-order valence-corrected chi connectivity index (χ0v) is 12.6. The number of hydrogen-bond acceptors (Lipinski definition) is 6. The van der Waals surface area contributed by atoms with E-state index in [4.69, 9.17) is 22.4 Å². The molecule has 0 bridgehead atoms. The maximum atomic E-state index is 11.3. The average Bonchev–Trinajstić information content (AvgIpc) is 2.52. The molecule has 11 heteroatoms. The Bertz CT molecular complexity index is 511. The molecule has 1 rings (SSSR count). The molecule has 0 aromatic rings. The smallest absolute Gasteiger partial charge is 0.557 e. The Kier molecular flexibility index (Phi) is 6.61. The molecular weight excluding hydrogens is 319 g/mol. The van der Waals surface area contributed by atoms with E-state index in [2.05, 4.69) is 0 Å². The van der Waals surface area contributed by atoms with Crippen molar-refractivity contribution in [3.63, 3.8) is 0 Å². The van der Waals surface area contributed by atoms with Crippen LogP contribution in [0.3, 0.4) is 0 Å². The third-order valence-electron chi connectivity index (χ3n) is 2.32. The zero-order valence-electron chi connectivity index (χ0n) is 11.8. The van der Waals surface area contributed by atoms with Gasteiger partial charge in [0.1, 0.15) is 7.05 Å². The first-order valence-electron chi connectivity index (χ1n) is 5.79. The van der Waals surface area contributed by atoms with Crippen molar-refractivity contribution >= 4 is 22.2 Å². The van der Waals surface area contributed by atoms with Gasteiger partial charge in [-0.3, -0.25) is 0 Å². The molecule has 1 atom stereocenters. The molecule has 0 aromatic heterocycles. The van der Waals surface area contributed by atoms with Crippen LogP contribution in [0.15, 0.2) is 0 Å². The standard InChI is InChI=1S/C9H16NO3.CHF3O3S/c1-5-12-9-10(4)7(6(2)3)8(11)13-9;2-1(3,4)8(5,6)7/h6-7H,5H2,1-4H3;(H,5,6,7)/q+1;/p-1. The van der Waals surface area contributed by atoms with Gasteiger partial charge in [0, 0.05) is 5.92 Å². The van der Waals surface area contributed by atoms with Gasteiger partial charge in [0.25, 0.3) is 6.04 Å². The van der Waals surface area contributed by atoms with Crippen molar-refractivity contribution in [2.45, 2.75) is 32.3 Å². The molecule has 21 heavy (non-hydrogen) atoms. The molecule has 0 aromatic carbocycles. The minimum absolute atomic E-state index is 0.207. The van der Waals surface area contributed by atoms with E-state index < -0.39 is 15.6 Å². The van der Waals surface area contributed by atoms with Gasteiger partial charge in [0.2, 0.25) is 0 Å². The Morgan fingerprint density at radius 3 is 2.10 bits per heavy atom. The van der Waals surface area contributed by atoms with Crippen LogP contribution in [-0.4, -0.2) is 54.8 Å². The van der Waals surface area contributed by atoms with Gasteiger partial charge in [-0.25, -0.2) is 13.2 Å². The van der Waals surface area contributed by atoms with Crippen molar-refractivity contribution in [3.05, 3.63) is 0 Å². The van der Waals surface area contributed by atoms with Crippen LogP contribution in [0.2, 0.25) is 0 Å². The molecular formula is C10H16F3NO6S. The molecule has 124 valence electrons. The molecule has 0 saturated heterocycles. The number of rotatable bonds is 2. The molecule has 1 aliphatic rings. The third-order valence-corrected chi connectivity index (χ3v) is 2.88. The lowest BCUT2D eigenvalue weighted by Gasteiger charge is -2.08. The molecule has 0 amide bonds. The fraction of sp³-hybridized carbons (Fsp3) is 0.800. The number of cyclic esters (lactones) is 1. The van der Waals surface area contributed by atoms with Crippen LogP contribution in [0.5, 0.6) is 0 Å². The minimum Gasteiger partial charge on any atom is -0.741 e. The number of nitrogens with zero attached hydrogens (tertiary/aromatic N) is 1. The predicted molar refractivity (Wildman–Crippen MR) is 63.3 cm³/mol. The van der Waals surface area contributed by atoms with Gasteiger partial charge >= 0.3 is 17.6 Å². The van der Waals surface area contributed by atoms with Crippen LogP contribution in [0.1, 0.15) is 20.8 Å². The predicted octanol–water partition coefficient (Wildman–Crippen LogP) is 0.654. The van der Waals surface area contributed by atoms with Crippen molar-refractivity contribution in [2.75, 3.05) is 13.7 Å². The Hall–Kier alpha value is -1.36. The number of hydrogen-bond donors (Lipinski definition) is 0. The SMILES string of the molecule is CCOC1=[N+](C)C(C(C)C)C(=O)O1.O=S(=O)([O-])C(F)(F)F. The second kappa shape index (κ2) is 7.07. The summed E-state index contributed by atoms with van der Waals surface area (Å²) in [6.45, 7) is 6.34. The largest absolute Gasteiger partial charge is 0.741 e. The highest BCUT2D eigenvalue weighted by molar-refractivity contribution is 7.86. The fourth-order valence-corrected chi connectivity index (χ4v) is 1.46. The number of halogens is 3. The highest BCUT2D eigenvalue weighted by Gasteiger charge is 2.44. The van der Waals surface area contributed by atoms with Crippen LogP contribution in [0.25, 0.3) is 0 Å². The molecule has 0 fully saturated rings. The summed E-state index contributed by atoms with van der Waals surface area (Å²) in [6, 6.07) is -0.207. The molecule has 0 radical (unpaired) electrons. The number of carbonyl (C=O) groups excluding carboxylic acids is 1. The molecule has 0 aliphatic carbocycles. The molecule has 1 unspecified atom stereocenters. The number of ether oxygens (including phenoxy) is 2. The second-order valence-electron chi connectivity index (χ2n) is 4.32. The average molecular weight is 335 g/mol. The van der Waals surface area contributed by atoms with E-state index in [1.54, 1.807) is 11.6 Å². The van der Waals surface area contributed by atoms with Crippen LogP contribution in [0.4, 0.5) is 13.2 Å². The van der Waals surface area contributed by atoms with Crippen molar-refractivity contribution in [2.24, 2.45) is 5.92 Å². The molecule has 1 heterocycles. The lowest BCUT2D eigenvalue weighted by molar-refractivity contribution is -0.534. The highest BCUT2D eigenvalue weighted by Crippen LogP contribution is 2.20. The summed E-state index contributed by atoms with van der Waals surface area (Å²) in [6.07, 6.45) is 0.325. The van der Waals surface area contributed by atoms with E-state index in [-0.39, 0.29) is 17.9 Å². The monoisotopic (exact) mass is 335 g/mol. The summed E-state index contributed by atoms with van der Waals surface area (Å²) >= 11 is 0. The Balaban J connectivity index is 0.000000433. The van der Waals surface area contributed by atoms with Gasteiger partial charge in [-0.15, -0.1) is 0 Å². The normalized spacial score (nSPS) is 19.3. The van der Waals surface area contributed by atoms with Crippen molar-refractivity contribution < 1.29 is 45.0 Å². The van der Waals surface area contributed by atoms with Gasteiger partial charge in [0.05, 0.1) is 6.61 Å². The van der Waals surface area contributed by atoms with Gasteiger partial charge < -0.3 is 14.0 Å². The van der Waals surface area contributed by atoms with Crippen molar-refractivity contribution in [3.8, 4) is 0 Å². The number of likely N-dealkylation sites (N-methyl/N-ethyl adjacent to an activating group) is 1. The summed E-state index contributed by atoms with van der Waals surface area (Å²) < 4.78 is 70.8. The van der Waals surface area contributed by atoms with E-state index >= 15 is 0 Å². The number of carbonyl (C=O) groups is 1. The van der Waals surface area contributed by atoms with Crippen molar-refractivity contribution in [1.82, 2.24) is 0 Å². The van der Waals surface area contributed by atoms with Gasteiger partial charge in [-0.1, -0.05) is 13.8 Å². The Labute approximate surface area is 120 Å². The van der Waals surface area contributed by atoms with Gasteiger partial charge in [-0.2, -0.15) is 17.7 Å². The molecule has 0 N–H and O–H groups in total. The van der Waals surface area contributed by atoms with E-state index in [0.29, 0.717) is 12.7 Å². The van der Waals surface area contributed by atoms with Gasteiger partial charge in [-0.05, 0) is 6.92 Å². The quantitative estimate of drug-likeness (QED) is 0.318. The van der Waals surface area contributed by atoms with E-state index in [9.17, 15) is 18.0 Å².